The summed E-state index contributed by atoms with van der Waals surface area (Å²) in [6.07, 6.45) is 0. The van der Waals surface area contributed by atoms with E-state index in [2.05, 4.69) is 39.7 Å². The van der Waals surface area contributed by atoms with Crippen LogP contribution in [-0.4, -0.2) is 40.3 Å². The van der Waals surface area contributed by atoms with Crippen molar-refractivity contribution < 1.29 is 0 Å². The number of para-hydroxylation sites is 2. The van der Waals surface area contributed by atoms with Gasteiger partial charge in [0.25, 0.3) is 0 Å². The van der Waals surface area contributed by atoms with Gasteiger partial charge in [0.15, 0.2) is 23.2 Å². The number of aromatic nitrogens is 8. The second kappa shape index (κ2) is 9.58. The average Bonchev–Trinajstić information content (AvgIpc) is 3.42. The minimum Gasteiger partial charge on any atom is -0.241 e. The van der Waals surface area contributed by atoms with E-state index in [4.69, 9.17) is 24.9 Å². The van der Waals surface area contributed by atoms with Gasteiger partial charge in [0.05, 0.1) is 15.7 Å². The molecule has 41 heavy (non-hydrogen) atoms. The number of thiophene rings is 1. The Morgan fingerprint density at radius 1 is 0.415 bits per heavy atom. The van der Waals surface area contributed by atoms with Crippen molar-refractivity contribution in [2.45, 2.75) is 0 Å². The van der Waals surface area contributed by atoms with Gasteiger partial charge in [-0.3, -0.25) is 0 Å². The van der Waals surface area contributed by atoms with Crippen molar-refractivity contribution in [2.24, 2.45) is 0 Å². The zero-order chi connectivity index (χ0) is 27.2. The molecule has 192 valence electrons. The molecule has 0 radical (unpaired) electrons. The van der Waals surface area contributed by atoms with Gasteiger partial charge in [-0.15, -0.1) is 21.5 Å². The van der Waals surface area contributed by atoms with Gasteiger partial charge < -0.3 is 0 Å². The quantitative estimate of drug-likeness (QED) is 0.232. The van der Waals surface area contributed by atoms with E-state index in [1.807, 2.05) is 84.9 Å². The fraction of sp³-hybridized carbons (Fsp3) is 0. The maximum Gasteiger partial charge on any atom is 0.185 e. The molecular formula is C32H18N8S. The number of rotatable bonds is 4. The minimum absolute atomic E-state index is 0.414. The average molecular weight is 547 g/mol. The molecule has 0 aliphatic carbocycles. The Morgan fingerprint density at radius 3 is 1.66 bits per heavy atom. The molecule has 0 unspecified atom stereocenters. The smallest absolute Gasteiger partial charge is 0.185 e. The molecule has 0 saturated heterocycles. The highest BCUT2D eigenvalue weighted by molar-refractivity contribution is 7.25. The summed E-state index contributed by atoms with van der Waals surface area (Å²) in [5.41, 5.74) is 7.47. The third-order valence-electron chi connectivity index (χ3n) is 6.81. The third kappa shape index (κ3) is 4.16. The van der Waals surface area contributed by atoms with Crippen LogP contribution in [0.3, 0.4) is 0 Å². The van der Waals surface area contributed by atoms with E-state index < -0.39 is 0 Å². The van der Waals surface area contributed by atoms with Crippen LogP contribution >= 0.6 is 11.3 Å². The number of hydrogen-bond donors (Lipinski definition) is 0. The van der Waals surface area contributed by atoms with Crippen LogP contribution in [0.25, 0.3) is 77.0 Å². The lowest BCUT2D eigenvalue weighted by atomic mass is 10.0. The zero-order valence-electron chi connectivity index (χ0n) is 21.4. The first kappa shape index (κ1) is 23.4. The molecule has 8 nitrogen and oxygen atoms in total. The lowest BCUT2D eigenvalue weighted by Crippen LogP contribution is -2.02. The van der Waals surface area contributed by atoms with Crippen LogP contribution in [0.15, 0.2) is 109 Å². The van der Waals surface area contributed by atoms with Crippen LogP contribution in [0.1, 0.15) is 0 Å². The Hall–Kier alpha value is -5.54. The van der Waals surface area contributed by atoms with Crippen molar-refractivity contribution in [3.05, 3.63) is 109 Å². The van der Waals surface area contributed by atoms with Gasteiger partial charge in [-0.05, 0) is 28.5 Å². The standard InChI is InChI=1S/C32H18N8S/c1-3-9-19(10-4-1)20-15-17-22(18-16-20)30-35-29(21-11-5-2-6-12-21)36-31(37-30)27-28-25(38-40-39-27)26-32(41-28)34-24-14-8-7-13-23(24)33-26/h1-18H. The van der Waals surface area contributed by atoms with Crippen LogP contribution in [0.4, 0.5) is 0 Å². The highest BCUT2D eigenvalue weighted by Gasteiger charge is 2.20. The summed E-state index contributed by atoms with van der Waals surface area (Å²) < 4.78 is 0.779. The Balaban J connectivity index is 1.32. The fourth-order valence-corrected chi connectivity index (χ4v) is 5.83. The van der Waals surface area contributed by atoms with E-state index in [0.717, 1.165) is 42.8 Å². The summed E-state index contributed by atoms with van der Waals surface area (Å²) in [6, 6.07) is 36.1. The van der Waals surface area contributed by atoms with Crippen LogP contribution in [-0.2, 0) is 0 Å². The summed E-state index contributed by atoms with van der Waals surface area (Å²) in [4.78, 5) is 25.0. The van der Waals surface area contributed by atoms with E-state index in [0.29, 0.717) is 34.2 Å². The van der Waals surface area contributed by atoms with Gasteiger partial charge in [0.1, 0.15) is 15.9 Å². The molecule has 0 spiro atoms. The minimum atomic E-state index is 0.414. The third-order valence-corrected chi connectivity index (χ3v) is 7.88. The van der Waals surface area contributed by atoms with Crippen molar-refractivity contribution in [1.82, 2.24) is 40.3 Å². The molecule has 4 aromatic carbocycles. The molecule has 0 amide bonds. The molecule has 8 aromatic rings. The zero-order valence-corrected chi connectivity index (χ0v) is 22.2. The van der Waals surface area contributed by atoms with Gasteiger partial charge in [-0.1, -0.05) is 97.1 Å². The highest BCUT2D eigenvalue weighted by atomic mass is 32.1. The van der Waals surface area contributed by atoms with Crippen molar-refractivity contribution >= 4 is 42.9 Å². The summed E-state index contributed by atoms with van der Waals surface area (Å²) in [6.45, 7) is 0. The van der Waals surface area contributed by atoms with Gasteiger partial charge in [0.2, 0.25) is 0 Å². The first-order valence-electron chi connectivity index (χ1n) is 13.0. The molecule has 0 saturated carbocycles. The number of nitrogens with zero attached hydrogens (tertiary/aromatic N) is 8. The van der Waals surface area contributed by atoms with E-state index >= 15 is 0 Å². The summed E-state index contributed by atoms with van der Waals surface area (Å²) in [5.74, 6) is 1.51. The van der Waals surface area contributed by atoms with Crippen LogP contribution in [0.2, 0.25) is 0 Å². The molecule has 0 bridgehead atoms. The monoisotopic (exact) mass is 546 g/mol. The predicted molar refractivity (Wildman–Crippen MR) is 161 cm³/mol. The molecule has 9 heteroatoms. The molecule has 0 aliphatic rings. The second-order valence-electron chi connectivity index (χ2n) is 9.40. The SMILES string of the molecule is c1ccc(-c2ccc(-c3nc(-c4ccccc4)nc(-c4nnnc5c4sc4nc6ccccc6nc45)n3)cc2)cc1. The van der Waals surface area contributed by atoms with E-state index in [9.17, 15) is 0 Å². The van der Waals surface area contributed by atoms with E-state index in [1.165, 1.54) is 11.3 Å². The molecule has 0 fully saturated rings. The van der Waals surface area contributed by atoms with Crippen LogP contribution in [0, 0.1) is 0 Å². The second-order valence-corrected chi connectivity index (χ2v) is 10.4. The maximum absolute atomic E-state index is 4.89. The maximum atomic E-state index is 4.89. The van der Waals surface area contributed by atoms with Gasteiger partial charge in [-0.25, -0.2) is 24.9 Å². The Morgan fingerprint density at radius 2 is 0.951 bits per heavy atom. The summed E-state index contributed by atoms with van der Waals surface area (Å²) in [7, 11) is 0. The van der Waals surface area contributed by atoms with E-state index in [1.54, 1.807) is 0 Å². The van der Waals surface area contributed by atoms with Gasteiger partial charge in [-0.2, -0.15) is 0 Å². The first-order valence-corrected chi connectivity index (χ1v) is 13.8. The molecule has 8 rings (SSSR count). The lowest BCUT2D eigenvalue weighted by Gasteiger charge is -2.08. The molecule has 0 atom stereocenters. The molecule has 0 aliphatic heterocycles. The Labute approximate surface area is 237 Å². The number of fused-ring (bicyclic) bond motifs is 4. The lowest BCUT2D eigenvalue weighted by molar-refractivity contribution is 0.894. The number of benzene rings is 4. The molecule has 0 N–H and O–H groups in total. The fourth-order valence-electron chi connectivity index (χ4n) is 4.79. The topological polar surface area (TPSA) is 103 Å². The highest BCUT2D eigenvalue weighted by Crippen LogP contribution is 2.36. The van der Waals surface area contributed by atoms with Crippen molar-refractivity contribution in [2.75, 3.05) is 0 Å². The molecule has 4 aromatic heterocycles. The molecule has 4 heterocycles. The number of hydrogen-bond acceptors (Lipinski definition) is 9. The predicted octanol–water partition coefficient (Wildman–Crippen LogP) is 7.04. The van der Waals surface area contributed by atoms with Crippen LogP contribution < -0.4 is 0 Å². The Kier molecular flexibility index (Phi) is 5.46. The Bertz CT molecular complexity index is 2200. The summed E-state index contributed by atoms with van der Waals surface area (Å²) in [5, 5.41) is 12.8. The van der Waals surface area contributed by atoms with Crippen LogP contribution in [0.5, 0.6) is 0 Å². The largest absolute Gasteiger partial charge is 0.241 e. The summed E-state index contributed by atoms with van der Waals surface area (Å²) >= 11 is 1.46. The van der Waals surface area contributed by atoms with Crippen molar-refractivity contribution in [3.8, 4) is 45.4 Å². The van der Waals surface area contributed by atoms with E-state index in [-0.39, 0.29) is 0 Å². The van der Waals surface area contributed by atoms with Crippen molar-refractivity contribution in [3.63, 3.8) is 0 Å². The van der Waals surface area contributed by atoms with Crippen molar-refractivity contribution in [1.29, 1.82) is 0 Å². The van der Waals surface area contributed by atoms with Gasteiger partial charge in [0, 0.05) is 11.1 Å². The van der Waals surface area contributed by atoms with Gasteiger partial charge >= 0.3 is 0 Å². The normalized spacial score (nSPS) is 11.4. The first-order chi connectivity index (χ1) is 20.3. The molecular weight excluding hydrogens is 528 g/mol.